The Morgan fingerprint density at radius 2 is 1.91 bits per heavy atom. The van der Waals surface area contributed by atoms with E-state index in [1.165, 1.54) is 45.6 Å². The Kier molecular flexibility index (Phi) is 5.97. The minimum Gasteiger partial charge on any atom is -0.507 e. The van der Waals surface area contributed by atoms with Crippen molar-refractivity contribution in [1.82, 2.24) is 14.1 Å². The molecule has 12 heteroatoms. The van der Waals surface area contributed by atoms with E-state index in [-0.39, 0.29) is 53.8 Å². The van der Waals surface area contributed by atoms with E-state index in [1.807, 2.05) is 0 Å². The number of nitro groups is 1. The fourth-order valence-corrected chi connectivity index (χ4v) is 5.10. The van der Waals surface area contributed by atoms with Crippen molar-refractivity contribution in [3.05, 3.63) is 75.6 Å². The minimum absolute atomic E-state index is 0.0552. The number of aromatic nitrogens is 2. The average molecular weight is 472 g/mol. The van der Waals surface area contributed by atoms with E-state index in [1.54, 1.807) is 13.0 Å². The second-order valence-electron chi connectivity index (χ2n) is 7.45. The number of non-ortho nitro benzene ring substituents is 1. The number of carbonyl (C=O) groups excluding carboxylic acids is 1. The van der Waals surface area contributed by atoms with Gasteiger partial charge in [-0.25, -0.2) is 13.1 Å². The molecule has 1 fully saturated rings. The van der Waals surface area contributed by atoms with Crippen molar-refractivity contribution < 1.29 is 28.0 Å². The molecule has 1 saturated heterocycles. The zero-order valence-electron chi connectivity index (χ0n) is 17.5. The van der Waals surface area contributed by atoms with Crippen molar-refractivity contribution in [2.75, 3.05) is 26.3 Å². The van der Waals surface area contributed by atoms with Crippen molar-refractivity contribution in [1.29, 1.82) is 0 Å². The zero-order valence-corrected chi connectivity index (χ0v) is 18.4. The van der Waals surface area contributed by atoms with Crippen LogP contribution in [0.4, 0.5) is 5.69 Å². The van der Waals surface area contributed by atoms with Gasteiger partial charge in [-0.15, -0.1) is 0 Å². The van der Waals surface area contributed by atoms with Gasteiger partial charge in [0.15, 0.2) is 5.78 Å². The van der Waals surface area contributed by atoms with Crippen LogP contribution in [0.1, 0.15) is 21.5 Å². The molecular formula is C21H20N4O7S. The molecule has 0 aliphatic carbocycles. The maximum atomic E-state index is 13.3. The number of morpholine rings is 1. The lowest BCUT2D eigenvalue weighted by Crippen LogP contribution is -2.41. The molecule has 0 atom stereocenters. The molecule has 4 rings (SSSR count). The maximum Gasteiger partial charge on any atom is 0.270 e. The number of ether oxygens (including phenoxy) is 1. The SMILES string of the molecule is Cc1ccc(O)c(C(=O)c2cnn(-c3ccc([N+](=O)[O-])cc3S(=O)(=O)N3CCOCC3)c2)c1. The van der Waals surface area contributed by atoms with Crippen molar-refractivity contribution in [2.45, 2.75) is 11.8 Å². The number of nitrogens with zero attached hydrogens (tertiary/aromatic N) is 4. The van der Waals surface area contributed by atoms with Crippen molar-refractivity contribution >= 4 is 21.5 Å². The first-order valence-electron chi connectivity index (χ1n) is 9.94. The quantitative estimate of drug-likeness (QED) is 0.326. The van der Waals surface area contributed by atoms with Crippen LogP contribution in [0.5, 0.6) is 5.75 Å². The van der Waals surface area contributed by atoms with E-state index in [4.69, 9.17) is 4.74 Å². The normalized spacial score (nSPS) is 14.8. The lowest BCUT2D eigenvalue weighted by molar-refractivity contribution is -0.385. The first-order chi connectivity index (χ1) is 15.7. The zero-order chi connectivity index (χ0) is 23.8. The Morgan fingerprint density at radius 1 is 1.18 bits per heavy atom. The van der Waals surface area contributed by atoms with Gasteiger partial charge in [-0.05, 0) is 25.1 Å². The molecule has 0 unspecified atom stereocenters. The van der Waals surface area contributed by atoms with Crippen molar-refractivity contribution in [2.24, 2.45) is 0 Å². The second kappa shape index (κ2) is 8.73. The summed E-state index contributed by atoms with van der Waals surface area (Å²) in [6.07, 6.45) is 2.57. The van der Waals surface area contributed by atoms with Crippen LogP contribution in [-0.2, 0) is 14.8 Å². The summed E-state index contributed by atoms with van der Waals surface area (Å²) in [5.74, 6) is -0.689. The number of sulfonamides is 1. The Hall–Kier alpha value is -3.61. The van der Waals surface area contributed by atoms with Gasteiger partial charge in [0.05, 0.1) is 41.1 Å². The Balaban J connectivity index is 1.78. The Labute approximate surface area is 189 Å². The van der Waals surface area contributed by atoms with Gasteiger partial charge in [0, 0.05) is 31.4 Å². The number of hydrogen-bond donors (Lipinski definition) is 1. The van der Waals surface area contributed by atoms with Crippen LogP contribution < -0.4 is 0 Å². The van der Waals surface area contributed by atoms with Gasteiger partial charge in [-0.1, -0.05) is 11.6 Å². The maximum absolute atomic E-state index is 13.3. The number of aryl methyl sites for hydroxylation is 1. The van der Waals surface area contributed by atoms with E-state index >= 15 is 0 Å². The van der Waals surface area contributed by atoms with Crippen LogP contribution in [0, 0.1) is 17.0 Å². The number of ketones is 1. The topological polar surface area (TPSA) is 145 Å². The Morgan fingerprint density at radius 3 is 2.61 bits per heavy atom. The van der Waals surface area contributed by atoms with Crippen molar-refractivity contribution in [3.8, 4) is 11.4 Å². The fraction of sp³-hybridized carbons (Fsp3) is 0.238. The molecule has 1 N–H and O–H groups in total. The molecule has 1 aliphatic rings. The lowest BCUT2D eigenvalue weighted by atomic mass is 10.0. The Bertz CT molecular complexity index is 1340. The van der Waals surface area contributed by atoms with Gasteiger partial charge in [-0.3, -0.25) is 14.9 Å². The van der Waals surface area contributed by atoms with Crippen LogP contribution in [0.25, 0.3) is 5.69 Å². The fourth-order valence-electron chi connectivity index (χ4n) is 3.50. The van der Waals surface area contributed by atoms with Gasteiger partial charge in [0.1, 0.15) is 10.6 Å². The van der Waals surface area contributed by atoms with Gasteiger partial charge in [-0.2, -0.15) is 9.40 Å². The summed E-state index contributed by atoms with van der Waals surface area (Å²) in [4.78, 5) is 23.2. The van der Waals surface area contributed by atoms with Crippen LogP contribution in [0.2, 0.25) is 0 Å². The van der Waals surface area contributed by atoms with E-state index in [0.29, 0.717) is 0 Å². The van der Waals surface area contributed by atoms with Crippen molar-refractivity contribution in [3.63, 3.8) is 0 Å². The second-order valence-corrected chi connectivity index (χ2v) is 9.36. The third-order valence-corrected chi connectivity index (χ3v) is 7.16. The molecular weight excluding hydrogens is 452 g/mol. The monoisotopic (exact) mass is 472 g/mol. The molecule has 11 nitrogen and oxygen atoms in total. The molecule has 0 amide bonds. The minimum atomic E-state index is -4.11. The molecule has 1 aromatic heterocycles. The summed E-state index contributed by atoms with van der Waals surface area (Å²) in [7, 11) is -4.11. The lowest BCUT2D eigenvalue weighted by Gasteiger charge is -2.26. The standard InChI is InChI=1S/C21H20N4O7S/c1-14-2-5-19(26)17(10-14)21(27)15-12-22-24(13-15)18-4-3-16(25(28)29)11-20(18)33(30,31)23-6-8-32-9-7-23/h2-5,10-13,26H,6-9H2,1H3. The number of aromatic hydroxyl groups is 1. The van der Waals surface area contributed by atoms with Crippen LogP contribution >= 0.6 is 0 Å². The first-order valence-corrected chi connectivity index (χ1v) is 11.4. The summed E-state index contributed by atoms with van der Waals surface area (Å²) in [5, 5.41) is 25.5. The van der Waals surface area contributed by atoms with E-state index in [9.17, 15) is 28.4 Å². The molecule has 33 heavy (non-hydrogen) atoms. The number of hydrogen-bond acceptors (Lipinski definition) is 8. The summed E-state index contributed by atoms with van der Waals surface area (Å²) >= 11 is 0. The summed E-state index contributed by atoms with van der Waals surface area (Å²) < 4.78 is 34.2. The molecule has 2 heterocycles. The number of carbonyl (C=O) groups is 1. The molecule has 0 saturated carbocycles. The number of phenolic OH excluding ortho intramolecular Hbond substituents is 1. The summed E-state index contributed by atoms with van der Waals surface area (Å²) in [6.45, 7) is 2.42. The van der Waals surface area contributed by atoms with Gasteiger partial charge >= 0.3 is 0 Å². The van der Waals surface area contributed by atoms with E-state index in [2.05, 4.69) is 5.10 Å². The third-order valence-electron chi connectivity index (χ3n) is 5.23. The molecule has 172 valence electrons. The largest absolute Gasteiger partial charge is 0.507 e. The molecule has 3 aromatic rings. The summed E-state index contributed by atoms with van der Waals surface area (Å²) in [6, 6.07) is 8.04. The molecule has 0 bridgehead atoms. The molecule has 0 spiro atoms. The van der Waals surface area contributed by atoms with E-state index < -0.39 is 26.4 Å². The highest BCUT2D eigenvalue weighted by molar-refractivity contribution is 7.89. The molecule has 0 radical (unpaired) electrons. The van der Waals surface area contributed by atoms with Crippen LogP contribution in [0.3, 0.4) is 0 Å². The average Bonchev–Trinajstić information content (AvgIpc) is 3.30. The first kappa shape index (κ1) is 22.6. The van der Waals surface area contributed by atoms with E-state index in [0.717, 1.165) is 11.6 Å². The third kappa shape index (κ3) is 4.35. The number of benzene rings is 2. The van der Waals surface area contributed by atoms with Crippen LogP contribution in [0.15, 0.2) is 53.7 Å². The molecule has 2 aromatic carbocycles. The van der Waals surface area contributed by atoms with Gasteiger partial charge < -0.3 is 9.84 Å². The van der Waals surface area contributed by atoms with Gasteiger partial charge in [0.2, 0.25) is 10.0 Å². The highest BCUT2D eigenvalue weighted by atomic mass is 32.2. The number of rotatable bonds is 6. The number of phenols is 1. The highest BCUT2D eigenvalue weighted by Crippen LogP contribution is 2.29. The van der Waals surface area contributed by atoms with Crippen LogP contribution in [-0.4, -0.2) is 64.6 Å². The van der Waals surface area contributed by atoms with Gasteiger partial charge in [0.25, 0.3) is 5.69 Å². The molecule has 1 aliphatic heterocycles. The summed E-state index contributed by atoms with van der Waals surface area (Å²) in [5.41, 5.74) is 0.638. The smallest absolute Gasteiger partial charge is 0.270 e. The predicted octanol–water partition coefficient (Wildman–Crippen LogP) is 2.05. The number of nitro benzene ring substituents is 1. The highest BCUT2D eigenvalue weighted by Gasteiger charge is 2.31. The predicted molar refractivity (Wildman–Crippen MR) is 116 cm³/mol.